The lowest BCUT2D eigenvalue weighted by Crippen LogP contribution is -2.54. The Labute approximate surface area is 191 Å². The van der Waals surface area contributed by atoms with Crippen molar-refractivity contribution < 1.29 is 32.3 Å². The van der Waals surface area contributed by atoms with Gasteiger partial charge in [0.15, 0.2) is 0 Å². The van der Waals surface area contributed by atoms with Gasteiger partial charge in [-0.2, -0.15) is 13.2 Å². The largest absolute Gasteiger partial charge is 0.416 e. The molecule has 2 aromatic rings. The second-order valence-electron chi connectivity index (χ2n) is 7.23. The van der Waals surface area contributed by atoms with Crippen molar-refractivity contribution in [1.29, 1.82) is 0 Å². The molecule has 0 saturated heterocycles. The summed E-state index contributed by atoms with van der Waals surface area (Å²) in [5, 5.41) is 6.76. The van der Waals surface area contributed by atoms with Gasteiger partial charge >= 0.3 is 6.18 Å². The Bertz CT molecular complexity index is 978. The molecule has 0 aliphatic carbocycles. The predicted octanol–water partition coefficient (Wildman–Crippen LogP) is 1.27. The predicted molar refractivity (Wildman–Crippen MR) is 115 cm³/mol. The highest BCUT2D eigenvalue weighted by Crippen LogP contribution is 2.29. The molecule has 1 aromatic carbocycles. The van der Waals surface area contributed by atoms with E-state index in [4.69, 9.17) is 11.5 Å². The molecule has 1 aromatic heterocycles. The van der Waals surface area contributed by atoms with E-state index in [1.165, 1.54) is 23.5 Å². The van der Waals surface area contributed by atoms with Crippen molar-refractivity contribution in [3.05, 3.63) is 57.8 Å². The lowest BCUT2D eigenvalue weighted by atomic mass is 10.0. The van der Waals surface area contributed by atoms with Crippen molar-refractivity contribution >= 4 is 35.0 Å². The lowest BCUT2D eigenvalue weighted by Gasteiger charge is -2.22. The number of amides is 4. The number of carbonyl (C=O) groups is 4. The van der Waals surface area contributed by atoms with Crippen LogP contribution in [0.4, 0.5) is 13.2 Å². The van der Waals surface area contributed by atoms with Crippen LogP contribution in [0, 0.1) is 0 Å². The summed E-state index contributed by atoms with van der Waals surface area (Å²) >= 11 is 1.36. The molecular formula is C21H23F3N4O4S. The van der Waals surface area contributed by atoms with Gasteiger partial charge < -0.3 is 22.1 Å². The fraction of sp³-hybridized carbons (Fsp3) is 0.333. The molecule has 4 amide bonds. The van der Waals surface area contributed by atoms with Crippen molar-refractivity contribution in [2.45, 2.75) is 43.9 Å². The van der Waals surface area contributed by atoms with E-state index in [1.54, 1.807) is 17.5 Å². The van der Waals surface area contributed by atoms with E-state index in [2.05, 4.69) is 10.6 Å². The summed E-state index contributed by atoms with van der Waals surface area (Å²) in [5.74, 6) is -2.84. The Hall–Kier alpha value is -3.41. The van der Waals surface area contributed by atoms with Gasteiger partial charge in [-0.3, -0.25) is 19.2 Å². The highest BCUT2D eigenvalue weighted by atomic mass is 32.1. The van der Waals surface area contributed by atoms with Crippen molar-refractivity contribution in [3.63, 3.8) is 0 Å². The van der Waals surface area contributed by atoms with Crippen molar-refractivity contribution in [2.24, 2.45) is 11.5 Å². The third-order valence-corrected chi connectivity index (χ3v) is 5.52. The van der Waals surface area contributed by atoms with Crippen molar-refractivity contribution in [2.75, 3.05) is 0 Å². The molecule has 0 radical (unpaired) electrons. The first-order valence-electron chi connectivity index (χ1n) is 9.81. The van der Waals surface area contributed by atoms with Crippen LogP contribution in [0.3, 0.4) is 0 Å². The van der Waals surface area contributed by atoms with Gasteiger partial charge in [0.05, 0.1) is 5.56 Å². The third kappa shape index (κ3) is 8.56. The van der Waals surface area contributed by atoms with Gasteiger partial charge in [-0.15, -0.1) is 11.3 Å². The number of hydrogen-bond donors (Lipinski definition) is 4. The number of benzene rings is 1. The topological polar surface area (TPSA) is 144 Å². The number of halogens is 3. The maximum Gasteiger partial charge on any atom is 0.416 e. The Morgan fingerprint density at radius 2 is 1.58 bits per heavy atom. The number of hydrogen-bond acceptors (Lipinski definition) is 5. The second-order valence-corrected chi connectivity index (χ2v) is 8.26. The molecule has 1 heterocycles. The molecule has 0 fully saturated rings. The minimum atomic E-state index is -4.50. The SMILES string of the molecule is NC(=O)CCC(=O)NC(Cc1cccs1)C(=O)N[C@@H](Cc1ccc(C(F)(F)F)cc1)C(N)=O. The fourth-order valence-corrected chi connectivity index (χ4v) is 3.65. The summed E-state index contributed by atoms with van der Waals surface area (Å²) in [4.78, 5) is 48.6. The second kappa shape index (κ2) is 11.5. The highest BCUT2D eigenvalue weighted by molar-refractivity contribution is 7.09. The van der Waals surface area contributed by atoms with Crippen molar-refractivity contribution in [3.8, 4) is 0 Å². The maximum absolute atomic E-state index is 12.9. The van der Waals surface area contributed by atoms with E-state index < -0.39 is 47.5 Å². The first-order valence-corrected chi connectivity index (χ1v) is 10.7. The molecule has 0 saturated carbocycles. The van der Waals surface area contributed by atoms with Crippen LogP contribution in [0.2, 0.25) is 0 Å². The number of carbonyl (C=O) groups excluding carboxylic acids is 4. The summed E-state index contributed by atoms with van der Waals surface area (Å²) in [7, 11) is 0. The van der Waals surface area contributed by atoms with Crippen LogP contribution in [0.15, 0.2) is 41.8 Å². The van der Waals surface area contributed by atoms with E-state index >= 15 is 0 Å². The molecule has 6 N–H and O–H groups in total. The van der Waals surface area contributed by atoms with Crippen LogP contribution in [0.5, 0.6) is 0 Å². The summed E-state index contributed by atoms with van der Waals surface area (Å²) < 4.78 is 38.2. The smallest absolute Gasteiger partial charge is 0.370 e. The van der Waals surface area contributed by atoms with E-state index in [-0.39, 0.29) is 25.7 Å². The van der Waals surface area contributed by atoms with Gasteiger partial charge in [0, 0.05) is 30.6 Å². The summed E-state index contributed by atoms with van der Waals surface area (Å²) in [6.07, 6.45) is -4.93. The standard InChI is InChI=1S/C21H23F3N4O4S/c22-21(23,24)13-5-3-12(4-6-13)10-15(19(26)31)28-20(32)16(11-14-2-1-9-33-14)27-18(30)8-7-17(25)29/h1-6,9,15-16H,7-8,10-11H2,(H2,25,29)(H2,26,31)(H,27,30)(H,28,32)/t15-,16?/m0/s1. The van der Waals surface area contributed by atoms with Gasteiger partial charge in [0.1, 0.15) is 12.1 Å². The van der Waals surface area contributed by atoms with Crippen LogP contribution < -0.4 is 22.1 Å². The van der Waals surface area contributed by atoms with E-state index in [9.17, 15) is 32.3 Å². The van der Waals surface area contributed by atoms with Crippen LogP contribution in [-0.4, -0.2) is 35.7 Å². The molecule has 1 unspecified atom stereocenters. The minimum Gasteiger partial charge on any atom is -0.370 e. The number of thiophene rings is 1. The van der Waals surface area contributed by atoms with E-state index in [0.29, 0.717) is 5.56 Å². The number of rotatable bonds is 11. The van der Waals surface area contributed by atoms with E-state index in [1.807, 2.05) is 0 Å². The molecule has 178 valence electrons. The normalized spacial score (nSPS) is 13.1. The fourth-order valence-electron chi connectivity index (χ4n) is 2.90. The number of nitrogens with two attached hydrogens (primary N) is 2. The number of primary amides is 2. The molecule has 0 aliphatic heterocycles. The Balaban J connectivity index is 2.11. The number of nitrogens with one attached hydrogen (secondary N) is 2. The Kier molecular flexibility index (Phi) is 8.97. The zero-order valence-corrected chi connectivity index (χ0v) is 18.2. The molecule has 2 atom stereocenters. The van der Waals surface area contributed by atoms with Gasteiger partial charge in [-0.1, -0.05) is 18.2 Å². The molecule has 12 heteroatoms. The van der Waals surface area contributed by atoms with Crippen molar-refractivity contribution in [1.82, 2.24) is 10.6 Å². The molecule has 0 spiro atoms. The third-order valence-electron chi connectivity index (χ3n) is 4.62. The summed E-state index contributed by atoms with van der Waals surface area (Å²) in [6.45, 7) is 0. The maximum atomic E-state index is 12.9. The Morgan fingerprint density at radius 3 is 2.09 bits per heavy atom. The van der Waals surface area contributed by atoms with Gasteiger partial charge in [-0.25, -0.2) is 0 Å². The molecule has 8 nitrogen and oxygen atoms in total. The van der Waals surface area contributed by atoms with Gasteiger partial charge in [0.2, 0.25) is 23.6 Å². The minimum absolute atomic E-state index is 0.123. The van der Waals surface area contributed by atoms with Crippen LogP contribution in [0.1, 0.15) is 28.8 Å². The molecule has 0 bridgehead atoms. The average Bonchev–Trinajstić information content (AvgIpc) is 3.24. The van der Waals surface area contributed by atoms with Crippen LogP contribution in [0.25, 0.3) is 0 Å². The van der Waals surface area contributed by atoms with Crippen LogP contribution >= 0.6 is 11.3 Å². The van der Waals surface area contributed by atoms with E-state index in [0.717, 1.165) is 17.0 Å². The lowest BCUT2D eigenvalue weighted by molar-refractivity contribution is -0.137. The van der Waals surface area contributed by atoms with Gasteiger partial charge in [0.25, 0.3) is 0 Å². The zero-order valence-electron chi connectivity index (χ0n) is 17.4. The molecular weight excluding hydrogens is 461 g/mol. The summed E-state index contributed by atoms with van der Waals surface area (Å²) in [5.41, 5.74) is 9.92. The first-order chi connectivity index (χ1) is 15.5. The van der Waals surface area contributed by atoms with Crippen LogP contribution in [-0.2, 0) is 38.2 Å². The molecule has 2 rings (SSSR count). The molecule has 0 aliphatic rings. The van der Waals surface area contributed by atoms with Gasteiger partial charge in [-0.05, 0) is 29.1 Å². The Morgan fingerprint density at radius 1 is 0.909 bits per heavy atom. The molecule has 33 heavy (non-hydrogen) atoms. The average molecular weight is 485 g/mol. The zero-order chi connectivity index (χ0) is 24.6. The number of alkyl halides is 3. The first kappa shape index (κ1) is 25.8. The monoisotopic (exact) mass is 484 g/mol. The highest BCUT2D eigenvalue weighted by Gasteiger charge is 2.30. The quantitative estimate of drug-likeness (QED) is 0.381. The summed E-state index contributed by atoms with van der Waals surface area (Å²) in [6, 6.07) is 5.36.